The summed E-state index contributed by atoms with van der Waals surface area (Å²) in [4.78, 5) is 10.4. The van der Waals surface area contributed by atoms with Gasteiger partial charge in [0.2, 0.25) is 0 Å². The summed E-state index contributed by atoms with van der Waals surface area (Å²) in [6.45, 7) is 0.745. The van der Waals surface area contributed by atoms with Crippen molar-refractivity contribution in [3.8, 4) is 0 Å². The Morgan fingerprint density at radius 2 is 2.07 bits per heavy atom. The van der Waals surface area contributed by atoms with Gasteiger partial charge in [-0.2, -0.15) is 0 Å². The summed E-state index contributed by atoms with van der Waals surface area (Å²) in [5.41, 5.74) is 4.92. The molecule has 0 saturated heterocycles. The summed E-state index contributed by atoms with van der Waals surface area (Å²) in [5, 5.41) is 2.46. The van der Waals surface area contributed by atoms with Gasteiger partial charge in [-0.1, -0.05) is 0 Å². The first-order valence-electron chi connectivity index (χ1n) is 4.23. The molecule has 0 atom stereocenters. The standard InChI is InChI=1S/C7H18N2O4Si/c1-11-7(12-2,5-13-14)3-4-9-6(8)10/h3-5H2,1-2,14H3,(H3,8,9,10). The first-order chi connectivity index (χ1) is 6.60. The topological polar surface area (TPSA) is 82.8 Å². The third-order valence-corrected chi connectivity index (χ3v) is 2.20. The average Bonchev–Trinajstić information content (AvgIpc) is 2.16. The summed E-state index contributed by atoms with van der Waals surface area (Å²) < 4.78 is 15.5. The molecule has 0 heterocycles. The molecular formula is C7H18N2O4Si. The van der Waals surface area contributed by atoms with Crippen LogP contribution < -0.4 is 11.1 Å². The minimum atomic E-state index is -0.788. The highest BCUT2D eigenvalue weighted by Crippen LogP contribution is 2.15. The van der Waals surface area contributed by atoms with Gasteiger partial charge >= 0.3 is 6.03 Å². The van der Waals surface area contributed by atoms with Gasteiger partial charge < -0.3 is 25.0 Å². The monoisotopic (exact) mass is 222 g/mol. The van der Waals surface area contributed by atoms with E-state index in [2.05, 4.69) is 5.32 Å². The van der Waals surface area contributed by atoms with Crippen molar-refractivity contribution in [1.82, 2.24) is 5.32 Å². The van der Waals surface area contributed by atoms with E-state index in [1.807, 2.05) is 0 Å². The molecule has 0 saturated carbocycles. The number of nitrogens with one attached hydrogen (secondary N) is 1. The van der Waals surface area contributed by atoms with E-state index in [4.69, 9.17) is 19.6 Å². The molecule has 6 nitrogen and oxygen atoms in total. The normalized spacial score (nSPS) is 11.6. The van der Waals surface area contributed by atoms with Gasteiger partial charge in [0.25, 0.3) is 0 Å². The van der Waals surface area contributed by atoms with Crippen molar-refractivity contribution in [2.24, 2.45) is 5.73 Å². The van der Waals surface area contributed by atoms with Gasteiger partial charge in [0.15, 0.2) is 5.79 Å². The Labute approximate surface area is 86.6 Å². The number of primary amides is 1. The Kier molecular flexibility index (Phi) is 6.46. The van der Waals surface area contributed by atoms with Crippen LogP contribution in [-0.2, 0) is 13.9 Å². The van der Waals surface area contributed by atoms with Crippen molar-refractivity contribution in [1.29, 1.82) is 0 Å². The van der Waals surface area contributed by atoms with E-state index in [0.29, 0.717) is 30.1 Å². The van der Waals surface area contributed by atoms with Crippen LogP contribution in [0, 0.1) is 0 Å². The number of carbonyl (C=O) groups excluding carboxylic acids is 1. The van der Waals surface area contributed by atoms with Crippen LogP contribution in [0.3, 0.4) is 0 Å². The van der Waals surface area contributed by atoms with Gasteiger partial charge in [0.05, 0.1) is 6.61 Å². The zero-order valence-electron chi connectivity index (χ0n) is 8.83. The van der Waals surface area contributed by atoms with Gasteiger partial charge in [0.1, 0.15) is 10.5 Å². The van der Waals surface area contributed by atoms with Crippen LogP contribution >= 0.6 is 0 Å². The maximum absolute atomic E-state index is 10.4. The molecule has 0 rings (SSSR count). The minimum Gasteiger partial charge on any atom is -0.422 e. The molecule has 84 valence electrons. The molecule has 0 bridgehead atoms. The SMILES string of the molecule is COC(CCNC(N)=O)(CO[SiH3])OC. The first kappa shape index (κ1) is 13.4. The molecule has 2 amide bonds. The quantitative estimate of drug-likeness (QED) is 0.398. The summed E-state index contributed by atoms with van der Waals surface area (Å²) in [7, 11) is 3.68. The molecule has 0 fully saturated rings. The molecule has 0 aromatic rings. The van der Waals surface area contributed by atoms with Gasteiger partial charge in [-0.15, -0.1) is 0 Å². The fourth-order valence-electron chi connectivity index (χ4n) is 1.07. The Morgan fingerprint density at radius 3 is 2.43 bits per heavy atom. The van der Waals surface area contributed by atoms with Crippen LogP contribution in [0.25, 0.3) is 0 Å². The molecule has 3 N–H and O–H groups in total. The lowest BCUT2D eigenvalue weighted by Gasteiger charge is -2.30. The molecule has 0 spiro atoms. The zero-order valence-corrected chi connectivity index (χ0v) is 10.8. The van der Waals surface area contributed by atoms with E-state index < -0.39 is 11.8 Å². The summed E-state index contributed by atoms with van der Waals surface area (Å²) in [6, 6.07) is -0.558. The number of amides is 2. The molecule has 14 heavy (non-hydrogen) atoms. The molecule has 0 radical (unpaired) electrons. The van der Waals surface area contributed by atoms with E-state index in [0.717, 1.165) is 0 Å². The van der Waals surface area contributed by atoms with Crippen molar-refractivity contribution < 1.29 is 18.7 Å². The number of urea groups is 1. The van der Waals surface area contributed by atoms with Gasteiger partial charge in [-0.3, -0.25) is 0 Å². The number of methoxy groups -OCH3 is 2. The van der Waals surface area contributed by atoms with Crippen LogP contribution in [0.4, 0.5) is 4.79 Å². The van der Waals surface area contributed by atoms with Crippen LogP contribution in [0.15, 0.2) is 0 Å². The second-order valence-corrected chi connectivity index (χ2v) is 3.37. The molecule has 0 aliphatic rings. The number of rotatable bonds is 7. The predicted octanol–water partition coefficient (Wildman–Crippen LogP) is -1.67. The Hall–Kier alpha value is -0.633. The second-order valence-electron chi connectivity index (χ2n) is 2.79. The summed E-state index contributed by atoms with van der Waals surface area (Å²) >= 11 is 0. The van der Waals surface area contributed by atoms with Gasteiger partial charge in [-0.05, 0) is 0 Å². The van der Waals surface area contributed by atoms with Crippen molar-refractivity contribution >= 4 is 16.5 Å². The lowest BCUT2D eigenvalue weighted by Crippen LogP contribution is -2.43. The van der Waals surface area contributed by atoms with E-state index in [1.165, 1.54) is 14.2 Å². The third kappa shape index (κ3) is 4.56. The van der Waals surface area contributed by atoms with E-state index in [-0.39, 0.29) is 0 Å². The third-order valence-electron chi connectivity index (χ3n) is 1.91. The average molecular weight is 222 g/mol. The summed E-state index contributed by atoms with van der Waals surface area (Å²) in [5.74, 6) is -0.788. The van der Waals surface area contributed by atoms with Gasteiger partial charge in [-0.25, -0.2) is 4.79 Å². The zero-order chi connectivity index (χ0) is 11.0. The van der Waals surface area contributed by atoms with Crippen LogP contribution in [0.1, 0.15) is 6.42 Å². The fourth-order valence-corrected chi connectivity index (χ4v) is 1.51. The maximum Gasteiger partial charge on any atom is 0.312 e. The highest BCUT2D eigenvalue weighted by Gasteiger charge is 2.28. The lowest BCUT2D eigenvalue weighted by molar-refractivity contribution is -0.224. The second kappa shape index (κ2) is 6.77. The maximum atomic E-state index is 10.4. The van der Waals surface area contributed by atoms with Gasteiger partial charge in [0, 0.05) is 27.2 Å². The van der Waals surface area contributed by atoms with Crippen LogP contribution in [0.2, 0.25) is 0 Å². The smallest absolute Gasteiger partial charge is 0.312 e. The van der Waals surface area contributed by atoms with Crippen molar-refractivity contribution in [2.45, 2.75) is 12.2 Å². The van der Waals surface area contributed by atoms with Crippen molar-refractivity contribution in [3.63, 3.8) is 0 Å². The molecular weight excluding hydrogens is 204 g/mol. The van der Waals surface area contributed by atoms with Crippen molar-refractivity contribution in [2.75, 3.05) is 27.4 Å². The van der Waals surface area contributed by atoms with E-state index >= 15 is 0 Å². The van der Waals surface area contributed by atoms with Crippen molar-refractivity contribution in [3.05, 3.63) is 0 Å². The number of hydrogen-bond acceptors (Lipinski definition) is 4. The molecule has 0 aromatic heterocycles. The number of ether oxygens (including phenoxy) is 2. The Balaban J connectivity index is 4.00. The number of nitrogens with two attached hydrogens (primary N) is 1. The molecule has 0 aliphatic heterocycles. The minimum absolute atomic E-state index is 0.354. The fraction of sp³-hybridized carbons (Fsp3) is 0.857. The molecule has 0 aliphatic carbocycles. The molecule has 0 unspecified atom stereocenters. The van der Waals surface area contributed by atoms with E-state index in [1.54, 1.807) is 0 Å². The Morgan fingerprint density at radius 1 is 1.50 bits per heavy atom. The molecule has 7 heteroatoms. The summed E-state index contributed by atoms with van der Waals surface area (Å²) in [6.07, 6.45) is 0.491. The molecule has 0 aromatic carbocycles. The first-order valence-corrected chi connectivity index (χ1v) is 5.04. The highest BCUT2D eigenvalue weighted by atomic mass is 28.2. The lowest BCUT2D eigenvalue weighted by atomic mass is 10.2. The Bertz CT molecular complexity index is 175. The number of hydrogen-bond donors (Lipinski definition) is 2. The van der Waals surface area contributed by atoms with Crippen LogP contribution in [-0.4, -0.2) is 49.7 Å². The number of carbonyl (C=O) groups is 1. The highest BCUT2D eigenvalue weighted by molar-refractivity contribution is 5.97. The predicted molar refractivity (Wildman–Crippen MR) is 54.8 cm³/mol. The van der Waals surface area contributed by atoms with E-state index in [9.17, 15) is 4.79 Å². The largest absolute Gasteiger partial charge is 0.422 e. The van der Waals surface area contributed by atoms with Crippen LogP contribution in [0.5, 0.6) is 0 Å².